The normalized spacial score (nSPS) is 17.1. The molecule has 3 atom stereocenters. The monoisotopic (exact) mass is 1120 g/mol. The molecule has 0 radical (unpaired) electrons. The number of nitrogens with one attached hydrogen (secondary N) is 4. The standard InChI is InChI=1S/C53H59IN4O11S2/c1-33(52(67-5)42-18-14-39(62)30-47(42)69-48-31-40(63)15-19-43(48)52)11-12-35(10-9-26-59)57-49(70)55-25-7-6-8-27-68-34(2)32-56-50(71)58-36-13-17-41(45(28-36)54-65)53(64,51(3)23-21-37(60)22-24-51)44-20-16-38(61)29-46(44)66-4/h10-23,26,28-31,34,60-64H,1,6-9,24-25,27,32H2,2-5H3,(H2,55,57,70)(H2,56,58,71)/b12-11-,35-10+. The Balaban J connectivity index is 0.957. The molecule has 0 fully saturated rings. The van der Waals surface area contributed by atoms with Crippen LogP contribution in [-0.2, 0) is 28.5 Å². The van der Waals surface area contributed by atoms with E-state index >= 15 is 0 Å². The summed E-state index contributed by atoms with van der Waals surface area (Å²) in [6.07, 6.45) is 13.6. The number of carbonyl (C=O) groups is 1. The first-order chi connectivity index (χ1) is 34.0. The number of benzene rings is 4. The van der Waals surface area contributed by atoms with E-state index in [2.05, 4.69) is 27.8 Å². The minimum atomic E-state index is -1.81. The molecule has 0 amide bonds. The van der Waals surface area contributed by atoms with Crippen molar-refractivity contribution in [3.63, 3.8) is 0 Å². The molecule has 0 bridgehead atoms. The third-order valence-electron chi connectivity index (χ3n) is 12.3. The van der Waals surface area contributed by atoms with Crippen LogP contribution < -0.4 is 30.7 Å². The lowest BCUT2D eigenvalue weighted by Crippen LogP contribution is -2.45. The van der Waals surface area contributed by atoms with Crippen LogP contribution in [0.15, 0.2) is 133 Å². The predicted octanol–water partition coefficient (Wildman–Crippen LogP) is 9.55. The van der Waals surface area contributed by atoms with Crippen molar-refractivity contribution in [2.24, 2.45) is 5.41 Å². The van der Waals surface area contributed by atoms with Crippen molar-refractivity contribution in [1.29, 1.82) is 0 Å². The number of carbonyl (C=O) groups excluding carboxylic acids is 1. The molecule has 4 aromatic rings. The van der Waals surface area contributed by atoms with Gasteiger partial charge in [-0.2, -0.15) is 0 Å². The average Bonchev–Trinajstić information content (AvgIpc) is 3.35. The van der Waals surface area contributed by atoms with Crippen molar-refractivity contribution < 1.29 is 52.3 Å². The number of aliphatic hydroxyl groups is 2. The van der Waals surface area contributed by atoms with E-state index in [1.54, 1.807) is 73.9 Å². The van der Waals surface area contributed by atoms with E-state index in [0.29, 0.717) is 84.2 Å². The third-order valence-corrected chi connectivity index (χ3v) is 14.2. The Morgan fingerprint density at radius 1 is 0.901 bits per heavy atom. The number of phenolic OH excluding ortho intramolecular Hbond substituents is 3. The molecular weight excluding hydrogens is 1060 g/mol. The molecule has 1 heterocycles. The number of hydrogen-bond acceptors (Lipinski definition) is 13. The molecule has 9 N–H and O–H groups in total. The van der Waals surface area contributed by atoms with E-state index in [1.807, 2.05) is 13.8 Å². The molecule has 3 unspecified atom stereocenters. The summed E-state index contributed by atoms with van der Waals surface area (Å²) in [6.45, 7) is 9.69. The highest BCUT2D eigenvalue weighted by Gasteiger charge is 2.51. The van der Waals surface area contributed by atoms with Crippen LogP contribution in [-0.4, -0.2) is 82.1 Å². The minimum absolute atomic E-state index is 0.000808. The molecule has 0 saturated heterocycles. The summed E-state index contributed by atoms with van der Waals surface area (Å²) in [6, 6.07) is 19.0. The number of methoxy groups -OCH3 is 2. The smallest absolute Gasteiger partial charge is 0.182 e. The number of unbranched alkanes of at least 4 members (excludes halogenated alkanes) is 2. The van der Waals surface area contributed by atoms with Gasteiger partial charge in [-0.1, -0.05) is 37.8 Å². The maximum atomic E-state index is 12.9. The Bertz CT molecular complexity index is 2730. The van der Waals surface area contributed by atoms with Gasteiger partial charge in [-0.3, -0.25) is 3.07 Å². The van der Waals surface area contributed by atoms with Crippen molar-refractivity contribution in [2.75, 3.05) is 39.2 Å². The van der Waals surface area contributed by atoms with Gasteiger partial charge in [0.05, 0.1) is 16.8 Å². The van der Waals surface area contributed by atoms with Crippen LogP contribution in [0.4, 0.5) is 5.69 Å². The summed E-state index contributed by atoms with van der Waals surface area (Å²) in [5, 5.41) is 67.0. The number of thiocarbonyl (C=S) groups is 2. The van der Waals surface area contributed by atoms with E-state index in [1.165, 1.54) is 49.6 Å². The van der Waals surface area contributed by atoms with Crippen LogP contribution in [0, 0.1) is 8.99 Å². The Kier molecular flexibility index (Phi) is 18.5. The number of halogens is 1. The van der Waals surface area contributed by atoms with Crippen molar-refractivity contribution in [1.82, 2.24) is 16.0 Å². The number of rotatable bonds is 22. The summed E-state index contributed by atoms with van der Waals surface area (Å²) < 4.78 is 37.2. The predicted molar refractivity (Wildman–Crippen MR) is 288 cm³/mol. The number of aromatic hydroxyl groups is 3. The number of fused-ring (bicyclic) bond motifs is 2. The van der Waals surface area contributed by atoms with Gasteiger partial charge in [-0.25, -0.2) is 0 Å². The lowest BCUT2D eigenvalue weighted by molar-refractivity contribution is -0.107. The fourth-order valence-electron chi connectivity index (χ4n) is 8.59. The van der Waals surface area contributed by atoms with Crippen molar-refractivity contribution in [3.8, 4) is 34.5 Å². The highest BCUT2D eigenvalue weighted by atomic mass is 127. The molecule has 0 spiro atoms. The number of ether oxygens (including phenoxy) is 4. The summed E-state index contributed by atoms with van der Waals surface area (Å²) in [5.74, 6) is 0.970. The van der Waals surface area contributed by atoms with Gasteiger partial charge in [0.15, 0.2) is 31.4 Å². The zero-order chi connectivity index (χ0) is 51.3. The van der Waals surface area contributed by atoms with Crippen LogP contribution in [0.1, 0.15) is 68.2 Å². The second kappa shape index (κ2) is 24.3. The van der Waals surface area contributed by atoms with Crippen LogP contribution in [0.25, 0.3) is 0 Å². The van der Waals surface area contributed by atoms with E-state index in [0.717, 1.165) is 25.5 Å². The molecule has 15 nitrogen and oxygen atoms in total. The highest BCUT2D eigenvalue weighted by Crippen LogP contribution is 2.55. The van der Waals surface area contributed by atoms with Crippen LogP contribution in [0.2, 0.25) is 0 Å². The number of aldehydes is 1. The topological polar surface area (TPSA) is 220 Å². The van der Waals surface area contributed by atoms with Crippen LogP contribution in [0.5, 0.6) is 34.5 Å². The maximum Gasteiger partial charge on any atom is 0.182 e. The number of allylic oxidation sites excluding steroid dienone is 4. The van der Waals surface area contributed by atoms with Crippen molar-refractivity contribution in [3.05, 3.63) is 159 Å². The van der Waals surface area contributed by atoms with Gasteiger partial charge in [-0.15, -0.1) is 0 Å². The molecule has 0 aromatic heterocycles. The molecule has 18 heteroatoms. The van der Waals surface area contributed by atoms with E-state index in [9.17, 15) is 33.4 Å². The quantitative estimate of drug-likeness (QED) is 0.0118. The first-order valence-electron chi connectivity index (χ1n) is 22.7. The summed E-state index contributed by atoms with van der Waals surface area (Å²) >= 11 is 9.37. The highest BCUT2D eigenvalue weighted by molar-refractivity contribution is 14.1. The van der Waals surface area contributed by atoms with E-state index < -0.39 is 37.8 Å². The van der Waals surface area contributed by atoms with Crippen LogP contribution in [0.3, 0.4) is 0 Å². The molecule has 71 heavy (non-hydrogen) atoms. The fraction of sp³-hybridized carbons (Fsp3) is 0.302. The zero-order valence-corrected chi connectivity index (χ0v) is 43.6. The summed E-state index contributed by atoms with van der Waals surface area (Å²) in [5.41, 5.74) is -0.420. The number of phenols is 3. The van der Waals surface area contributed by atoms with Crippen LogP contribution >= 0.6 is 45.6 Å². The Labute approximate surface area is 434 Å². The lowest BCUT2D eigenvalue weighted by atomic mass is 9.63. The molecule has 0 saturated carbocycles. The van der Waals surface area contributed by atoms with E-state index in [4.69, 9.17) is 43.4 Å². The molecular formula is C53H59IN4O11S2. The molecule has 2 aliphatic rings. The Hall–Kier alpha value is -6.16. The number of aliphatic hydroxyl groups excluding tert-OH is 1. The molecule has 1 aliphatic heterocycles. The second-order valence-corrected chi connectivity index (χ2v) is 19.6. The average molecular weight is 1120 g/mol. The minimum Gasteiger partial charge on any atom is -0.508 e. The molecule has 376 valence electrons. The van der Waals surface area contributed by atoms with Gasteiger partial charge >= 0.3 is 0 Å². The van der Waals surface area contributed by atoms with E-state index in [-0.39, 0.29) is 47.7 Å². The van der Waals surface area contributed by atoms with Gasteiger partial charge in [0.1, 0.15) is 57.7 Å². The van der Waals surface area contributed by atoms with Gasteiger partial charge in [0, 0.05) is 90.5 Å². The van der Waals surface area contributed by atoms with Gasteiger partial charge in [0.25, 0.3) is 0 Å². The molecule has 6 rings (SSSR count). The fourth-order valence-corrected chi connectivity index (χ4v) is 10.3. The Morgan fingerprint density at radius 2 is 1.58 bits per heavy atom. The SMILES string of the molecule is C=C(/C=C\C(=C/CC=O)NC(=S)NCCCCCOC(C)CNC(=S)Nc1ccc(C(O)(c2ccc(O)cc2OC)C2(C)C=CC(O)=CC2)c(I=O)c1)C1(OC)c2ccc(O)cc2Oc2cc(O)ccc21. The summed E-state index contributed by atoms with van der Waals surface area (Å²) in [7, 11) is 2.99. The second-order valence-electron chi connectivity index (χ2n) is 17.2. The first kappa shape index (κ1) is 54.2. The Morgan fingerprint density at radius 3 is 2.21 bits per heavy atom. The number of hydrogen-bond donors (Lipinski definition) is 9. The molecule has 4 aromatic carbocycles. The summed E-state index contributed by atoms with van der Waals surface area (Å²) in [4.78, 5) is 11.4. The van der Waals surface area contributed by atoms with Crippen molar-refractivity contribution in [2.45, 2.75) is 63.3 Å². The lowest BCUT2D eigenvalue weighted by Gasteiger charge is -2.45. The maximum absolute atomic E-state index is 12.9. The van der Waals surface area contributed by atoms with Gasteiger partial charge < -0.3 is 70.5 Å². The molecule has 1 aliphatic carbocycles. The third kappa shape index (κ3) is 12.5. The first-order valence-corrected chi connectivity index (χ1v) is 25.5. The van der Waals surface area contributed by atoms with Gasteiger partial charge in [0.2, 0.25) is 0 Å². The van der Waals surface area contributed by atoms with Gasteiger partial charge in [-0.05, 0) is 129 Å². The zero-order valence-electron chi connectivity index (χ0n) is 39.8. The number of anilines is 1. The largest absolute Gasteiger partial charge is 0.508 e. The van der Waals surface area contributed by atoms with Crippen molar-refractivity contribution >= 4 is 67.8 Å².